The fourth-order valence-corrected chi connectivity index (χ4v) is 2.19. The number of hydrogen-bond acceptors (Lipinski definition) is 3. The average Bonchev–Trinajstić information content (AvgIpc) is 2.41. The van der Waals surface area contributed by atoms with Crippen LogP contribution >= 0.6 is 15.9 Å². The number of aromatic nitrogens is 2. The maximum absolute atomic E-state index is 13.7. The molecule has 18 heavy (non-hydrogen) atoms. The Morgan fingerprint density at radius 1 is 1.39 bits per heavy atom. The molecule has 0 aliphatic heterocycles. The van der Waals surface area contributed by atoms with Gasteiger partial charge in [-0.05, 0) is 43.3 Å². The van der Waals surface area contributed by atoms with Crippen molar-refractivity contribution in [3.05, 3.63) is 58.3 Å². The number of nitrogens with one attached hydrogen (secondary N) is 1. The summed E-state index contributed by atoms with van der Waals surface area (Å²) >= 11 is 3.35. The largest absolute Gasteiger partial charge is 0.311 e. The Hall–Kier alpha value is -1.33. The molecule has 0 saturated carbocycles. The Morgan fingerprint density at radius 3 is 2.89 bits per heavy atom. The van der Waals surface area contributed by atoms with E-state index in [1.807, 2.05) is 13.1 Å². The molecule has 0 saturated heterocycles. The van der Waals surface area contributed by atoms with E-state index in [0.717, 1.165) is 10.2 Å². The Labute approximate surface area is 114 Å². The summed E-state index contributed by atoms with van der Waals surface area (Å²) in [6.07, 6.45) is 3.72. The molecular formula is C13H13BrFN3. The number of halogens is 2. The minimum absolute atomic E-state index is 0.0307. The Kier molecular flexibility index (Phi) is 4.38. The second-order valence-electron chi connectivity index (χ2n) is 3.92. The predicted octanol–water partition coefficient (Wildman–Crippen LogP) is 2.88. The van der Waals surface area contributed by atoms with Crippen molar-refractivity contribution >= 4 is 15.9 Å². The Bertz CT molecular complexity index is 519. The van der Waals surface area contributed by atoms with Crippen LogP contribution in [0.4, 0.5) is 4.39 Å². The molecule has 0 spiro atoms. The van der Waals surface area contributed by atoms with Gasteiger partial charge in [-0.1, -0.05) is 15.9 Å². The molecule has 0 amide bonds. The van der Waals surface area contributed by atoms with E-state index in [-0.39, 0.29) is 11.9 Å². The monoisotopic (exact) mass is 309 g/mol. The summed E-state index contributed by atoms with van der Waals surface area (Å²) in [6, 6.07) is 6.75. The van der Waals surface area contributed by atoms with Gasteiger partial charge in [0.15, 0.2) is 0 Å². The lowest BCUT2D eigenvalue weighted by Crippen LogP contribution is -2.20. The number of nitrogens with zero attached hydrogens (tertiary/aromatic N) is 2. The second-order valence-corrected chi connectivity index (χ2v) is 4.83. The highest BCUT2D eigenvalue weighted by atomic mass is 79.9. The van der Waals surface area contributed by atoms with Crippen molar-refractivity contribution in [1.29, 1.82) is 0 Å². The van der Waals surface area contributed by atoms with Crippen molar-refractivity contribution < 1.29 is 4.39 Å². The van der Waals surface area contributed by atoms with Gasteiger partial charge in [0.1, 0.15) is 12.1 Å². The molecule has 0 aliphatic rings. The molecule has 1 aromatic carbocycles. The van der Waals surface area contributed by atoms with E-state index >= 15 is 0 Å². The van der Waals surface area contributed by atoms with Gasteiger partial charge in [-0.2, -0.15) is 0 Å². The highest BCUT2D eigenvalue weighted by Crippen LogP contribution is 2.21. The fraction of sp³-hybridized carbons (Fsp3) is 0.231. The standard InChI is InChI=1S/C13H13BrFN3/c1-16-13(12-4-5-17-8-18-12)7-9-6-10(14)2-3-11(9)15/h2-6,8,13,16H,7H2,1H3. The first-order valence-electron chi connectivity index (χ1n) is 5.58. The van der Waals surface area contributed by atoms with E-state index in [9.17, 15) is 4.39 Å². The minimum Gasteiger partial charge on any atom is -0.311 e. The highest BCUT2D eigenvalue weighted by molar-refractivity contribution is 9.10. The zero-order chi connectivity index (χ0) is 13.0. The van der Waals surface area contributed by atoms with Crippen LogP contribution in [0.1, 0.15) is 17.3 Å². The van der Waals surface area contributed by atoms with Crippen molar-refractivity contribution in [1.82, 2.24) is 15.3 Å². The Balaban J connectivity index is 2.23. The first-order valence-corrected chi connectivity index (χ1v) is 6.37. The molecule has 1 unspecified atom stereocenters. The molecule has 1 atom stereocenters. The first-order chi connectivity index (χ1) is 8.70. The summed E-state index contributed by atoms with van der Waals surface area (Å²) in [5.41, 5.74) is 1.51. The molecular weight excluding hydrogens is 297 g/mol. The first kappa shape index (κ1) is 13.1. The molecule has 1 aromatic heterocycles. The Morgan fingerprint density at radius 2 is 2.22 bits per heavy atom. The number of rotatable bonds is 4. The van der Waals surface area contributed by atoms with Crippen LogP contribution in [0, 0.1) is 5.82 Å². The maximum Gasteiger partial charge on any atom is 0.126 e. The summed E-state index contributed by atoms with van der Waals surface area (Å²) in [5, 5.41) is 3.14. The van der Waals surface area contributed by atoms with Crippen LogP contribution in [0.15, 0.2) is 41.3 Å². The van der Waals surface area contributed by atoms with Gasteiger partial charge in [0.05, 0.1) is 11.7 Å². The zero-order valence-corrected chi connectivity index (χ0v) is 11.5. The summed E-state index contributed by atoms with van der Waals surface area (Å²) < 4.78 is 14.6. The van der Waals surface area contributed by atoms with Gasteiger partial charge in [0.25, 0.3) is 0 Å². The van der Waals surface area contributed by atoms with Gasteiger partial charge in [0.2, 0.25) is 0 Å². The number of likely N-dealkylation sites (N-methyl/N-ethyl adjacent to an activating group) is 1. The molecule has 0 radical (unpaired) electrons. The van der Waals surface area contributed by atoms with Gasteiger partial charge in [0, 0.05) is 10.7 Å². The van der Waals surface area contributed by atoms with Crippen LogP contribution in [0.25, 0.3) is 0 Å². The third-order valence-corrected chi connectivity index (χ3v) is 3.24. The molecule has 94 valence electrons. The van der Waals surface area contributed by atoms with Crippen LogP contribution in [0.2, 0.25) is 0 Å². The molecule has 2 aromatic rings. The lowest BCUT2D eigenvalue weighted by Gasteiger charge is -2.16. The topological polar surface area (TPSA) is 37.8 Å². The summed E-state index contributed by atoms with van der Waals surface area (Å²) in [7, 11) is 1.84. The molecule has 3 nitrogen and oxygen atoms in total. The van der Waals surface area contributed by atoms with Gasteiger partial charge in [-0.25, -0.2) is 14.4 Å². The van der Waals surface area contributed by atoms with Gasteiger partial charge < -0.3 is 5.32 Å². The predicted molar refractivity (Wildman–Crippen MR) is 71.6 cm³/mol. The maximum atomic E-state index is 13.7. The molecule has 1 heterocycles. The van der Waals surface area contributed by atoms with Crippen molar-refractivity contribution in [2.75, 3.05) is 7.05 Å². The number of hydrogen-bond donors (Lipinski definition) is 1. The van der Waals surface area contributed by atoms with Crippen LogP contribution in [-0.4, -0.2) is 17.0 Å². The summed E-state index contributed by atoms with van der Waals surface area (Å²) in [6.45, 7) is 0. The lowest BCUT2D eigenvalue weighted by atomic mass is 10.0. The highest BCUT2D eigenvalue weighted by Gasteiger charge is 2.14. The average molecular weight is 310 g/mol. The van der Waals surface area contributed by atoms with Crippen molar-refractivity contribution in [2.45, 2.75) is 12.5 Å². The van der Waals surface area contributed by atoms with Gasteiger partial charge >= 0.3 is 0 Å². The summed E-state index contributed by atoms with van der Waals surface area (Å²) in [5.74, 6) is -0.201. The molecule has 2 rings (SSSR count). The normalized spacial score (nSPS) is 12.4. The zero-order valence-electron chi connectivity index (χ0n) is 9.90. The third-order valence-electron chi connectivity index (χ3n) is 2.74. The lowest BCUT2D eigenvalue weighted by molar-refractivity contribution is 0.543. The van der Waals surface area contributed by atoms with E-state index in [0.29, 0.717) is 12.0 Å². The van der Waals surface area contributed by atoms with E-state index in [1.54, 1.807) is 18.3 Å². The van der Waals surface area contributed by atoms with E-state index in [1.165, 1.54) is 12.4 Å². The molecule has 0 aliphatic carbocycles. The van der Waals surface area contributed by atoms with Crippen LogP contribution in [0.5, 0.6) is 0 Å². The molecule has 0 fully saturated rings. The number of benzene rings is 1. The third kappa shape index (κ3) is 3.11. The summed E-state index contributed by atoms with van der Waals surface area (Å²) in [4.78, 5) is 8.07. The SMILES string of the molecule is CNC(Cc1cc(Br)ccc1F)c1ccncn1. The fourth-order valence-electron chi connectivity index (χ4n) is 1.78. The smallest absolute Gasteiger partial charge is 0.126 e. The second kappa shape index (κ2) is 6.02. The van der Waals surface area contributed by atoms with E-state index in [4.69, 9.17) is 0 Å². The van der Waals surface area contributed by atoms with Gasteiger partial charge in [-0.15, -0.1) is 0 Å². The molecule has 0 bridgehead atoms. The van der Waals surface area contributed by atoms with E-state index in [2.05, 4.69) is 31.2 Å². The minimum atomic E-state index is -0.201. The van der Waals surface area contributed by atoms with Crippen LogP contribution < -0.4 is 5.32 Å². The van der Waals surface area contributed by atoms with E-state index < -0.39 is 0 Å². The van der Waals surface area contributed by atoms with Crippen LogP contribution in [0.3, 0.4) is 0 Å². The van der Waals surface area contributed by atoms with Gasteiger partial charge in [-0.3, -0.25) is 0 Å². The molecule has 5 heteroatoms. The van der Waals surface area contributed by atoms with Crippen molar-refractivity contribution in [3.8, 4) is 0 Å². The van der Waals surface area contributed by atoms with Crippen molar-refractivity contribution in [3.63, 3.8) is 0 Å². The molecule has 1 N–H and O–H groups in total. The van der Waals surface area contributed by atoms with Crippen molar-refractivity contribution in [2.24, 2.45) is 0 Å². The quantitative estimate of drug-likeness (QED) is 0.943. The van der Waals surface area contributed by atoms with Crippen LogP contribution in [-0.2, 0) is 6.42 Å².